The largest absolute Gasteiger partial charge is 0.313 e. The molecule has 0 bridgehead atoms. The minimum Gasteiger partial charge on any atom is -0.313 e. The molecule has 134 valence electrons. The summed E-state index contributed by atoms with van der Waals surface area (Å²) in [6.45, 7) is 4.61. The second kappa shape index (κ2) is 7.26. The Morgan fingerprint density at radius 1 is 1.00 bits per heavy atom. The minimum atomic E-state index is 0.216. The zero-order valence-corrected chi connectivity index (χ0v) is 15.8. The van der Waals surface area contributed by atoms with Crippen molar-refractivity contribution in [2.75, 3.05) is 19.6 Å². The van der Waals surface area contributed by atoms with Gasteiger partial charge >= 0.3 is 0 Å². The van der Waals surface area contributed by atoms with Gasteiger partial charge in [-0.1, -0.05) is 36.2 Å². The van der Waals surface area contributed by atoms with E-state index < -0.39 is 0 Å². The molecule has 1 aliphatic heterocycles. The van der Waals surface area contributed by atoms with Gasteiger partial charge in [0.05, 0.1) is 12.1 Å². The summed E-state index contributed by atoms with van der Waals surface area (Å²) in [6.07, 6.45) is 3.66. The van der Waals surface area contributed by atoms with E-state index in [9.17, 15) is 4.79 Å². The highest BCUT2D eigenvalue weighted by Gasteiger charge is 2.22. The van der Waals surface area contributed by atoms with Crippen molar-refractivity contribution in [3.05, 3.63) is 64.8 Å². The van der Waals surface area contributed by atoms with Gasteiger partial charge in [0.15, 0.2) is 5.78 Å². The van der Waals surface area contributed by atoms with E-state index in [2.05, 4.69) is 21.6 Å². The second-order valence-electron chi connectivity index (χ2n) is 7.05. The molecule has 4 heteroatoms. The summed E-state index contributed by atoms with van der Waals surface area (Å²) in [5.41, 5.74) is 3.94. The Hall–Kier alpha value is -2.10. The van der Waals surface area contributed by atoms with Crippen LogP contribution in [-0.2, 0) is 0 Å². The summed E-state index contributed by atoms with van der Waals surface area (Å²) in [7, 11) is 0. The maximum Gasteiger partial charge on any atom is 0.179 e. The molecule has 1 aromatic heterocycles. The summed E-state index contributed by atoms with van der Waals surface area (Å²) in [5.74, 6) is 0.216. The number of aromatic nitrogens is 1. The first-order valence-corrected chi connectivity index (χ1v) is 9.64. The standard InChI is InChI=1S/C22H23ClN2O/c1-16-22(21(26)15-24-13-5-2-6-14-24)19-7-3-4-8-20(19)25(16)18-11-9-17(23)10-12-18/h3-4,7-12H,2,5-6,13-15H2,1H3. The van der Waals surface area contributed by atoms with Gasteiger partial charge in [-0.2, -0.15) is 0 Å². The van der Waals surface area contributed by atoms with Crippen LogP contribution < -0.4 is 0 Å². The number of Topliss-reactive ketones (excluding diaryl/α,β-unsaturated/α-hetero) is 1. The van der Waals surface area contributed by atoms with Crippen molar-refractivity contribution in [3.8, 4) is 5.69 Å². The maximum atomic E-state index is 13.2. The first kappa shape index (κ1) is 17.3. The van der Waals surface area contributed by atoms with Crippen LogP contribution >= 0.6 is 11.6 Å². The Morgan fingerprint density at radius 2 is 1.69 bits per heavy atom. The molecule has 2 aromatic carbocycles. The lowest BCUT2D eigenvalue weighted by Gasteiger charge is -2.25. The minimum absolute atomic E-state index is 0.216. The van der Waals surface area contributed by atoms with Crippen LogP contribution in [0.15, 0.2) is 48.5 Å². The van der Waals surface area contributed by atoms with E-state index in [-0.39, 0.29) is 5.78 Å². The van der Waals surface area contributed by atoms with E-state index in [1.54, 1.807) is 0 Å². The van der Waals surface area contributed by atoms with Gasteiger partial charge in [0.25, 0.3) is 0 Å². The number of benzene rings is 2. The topological polar surface area (TPSA) is 25.2 Å². The number of hydrogen-bond donors (Lipinski definition) is 0. The molecule has 0 unspecified atom stereocenters. The highest BCUT2D eigenvalue weighted by Crippen LogP contribution is 2.30. The van der Waals surface area contributed by atoms with Crippen LogP contribution in [0.5, 0.6) is 0 Å². The van der Waals surface area contributed by atoms with Gasteiger partial charge in [0.1, 0.15) is 0 Å². The Morgan fingerprint density at radius 3 is 2.42 bits per heavy atom. The fourth-order valence-corrected chi connectivity index (χ4v) is 4.17. The number of carbonyl (C=O) groups excluding carboxylic acids is 1. The maximum absolute atomic E-state index is 13.2. The van der Waals surface area contributed by atoms with Gasteiger partial charge in [-0.05, 0) is 63.2 Å². The van der Waals surface area contributed by atoms with E-state index in [1.807, 2.05) is 43.3 Å². The molecule has 26 heavy (non-hydrogen) atoms. The quantitative estimate of drug-likeness (QED) is 0.588. The number of likely N-dealkylation sites (tertiary alicyclic amines) is 1. The predicted octanol–water partition coefficient (Wildman–Crippen LogP) is 5.26. The average Bonchev–Trinajstić information content (AvgIpc) is 2.95. The van der Waals surface area contributed by atoms with Crippen LogP contribution in [0.3, 0.4) is 0 Å². The normalized spacial score (nSPS) is 15.5. The molecule has 0 saturated carbocycles. The Bertz CT molecular complexity index is 937. The second-order valence-corrected chi connectivity index (χ2v) is 7.49. The van der Waals surface area contributed by atoms with Crippen molar-refractivity contribution >= 4 is 28.3 Å². The molecular weight excluding hydrogens is 344 g/mol. The molecule has 2 heterocycles. The smallest absolute Gasteiger partial charge is 0.179 e. The van der Waals surface area contributed by atoms with Crippen LogP contribution in [0.4, 0.5) is 0 Å². The molecule has 1 saturated heterocycles. The number of para-hydroxylation sites is 1. The van der Waals surface area contributed by atoms with Crippen molar-refractivity contribution in [1.29, 1.82) is 0 Å². The first-order chi connectivity index (χ1) is 12.6. The number of rotatable bonds is 4. The Labute approximate surface area is 159 Å². The molecule has 1 fully saturated rings. The molecule has 0 N–H and O–H groups in total. The summed E-state index contributed by atoms with van der Waals surface area (Å²) in [6, 6.07) is 15.9. The van der Waals surface area contributed by atoms with Crippen LogP contribution in [0.25, 0.3) is 16.6 Å². The van der Waals surface area contributed by atoms with Crippen LogP contribution in [-0.4, -0.2) is 34.9 Å². The molecular formula is C22H23ClN2O. The van der Waals surface area contributed by atoms with Gasteiger partial charge in [-0.3, -0.25) is 9.69 Å². The van der Waals surface area contributed by atoms with Crippen molar-refractivity contribution in [2.24, 2.45) is 0 Å². The zero-order chi connectivity index (χ0) is 18.1. The molecule has 0 spiro atoms. The number of piperidine rings is 1. The number of ketones is 1. The fraction of sp³-hybridized carbons (Fsp3) is 0.318. The van der Waals surface area contributed by atoms with E-state index in [4.69, 9.17) is 11.6 Å². The zero-order valence-electron chi connectivity index (χ0n) is 15.0. The molecule has 0 radical (unpaired) electrons. The van der Waals surface area contributed by atoms with Crippen molar-refractivity contribution in [3.63, 3.8) is 0 Å². The number of hydrogen-bond acceptors (Lipinski definition) is 2. The van der Waals surface area contributed by atoms with E-state index in [0.717, 1.165) is 40.9 Å². The summed E-state index contributed by atoms with van der Waals surface area (Å²) < 4.78 is 2.16. The third kappa shape index (κ3) is 3.17. The molecule has 3 nitrogen and oxygen atoms in total. The lowest BCUT2D eigenvalue weighted by Crippen LogP contribution is -2.34. The van der Waals surface area contributed by atoms with E-state index >= 15 is 0 Å². The highest BCUT2D eigenvalue weighted by atomic mass is 35.5. The summed E-state index contributed by atoms with van der Waals surface area (Å²) in [5, 5.41) is 1.74. The van der Waals surface area contributed by atoms with E-state index in [0.29, 0.717) is 11.6 Å². The van der Waals surface area contributed by atoms with Gasteiger partial charge < -0.3 is 4.57 Å². The third-order valence-corrected chi connectivity index (χ3v) is 5.54. The van der Waals surface area contributed by atoms with Crippen LogP contribution in [0, 0.1) is 6.92 Å². The first-order valence-electron chi connectivity index (χ1n) is 9.26. The Kier molecular flexibility index (Phi) is 4.84. The average molecular weight is 367 g/mol. The van der Waals surface area contributed by atoms with E-state index in [1.165, 1.54) is 19.3 Å². The number of fused-ring (bicyclic) bond motifs is 1. The predicted molar refractivity (Wildman–Crippen MR) is 108 cm³/mol. The molecule has 0 aliphatic carbocycles. The van der Waals surface area contributed by atoms with Crippen LogP contribution in [0.1, 0.15) is 35.3 Å². The number of nitrogens with zero attached hydrogens (tertiary/aromatic N) is 2. The third-order valence-electron chi connectivity index (χ3n) is 5.29. The van der Waals surface area contributed by atoms with Gasteiger partial charge in [0.2, 0.25) is 0 Å². The SMILES string of the molecule is Cc1c(C(=O)CN2CCCCC2)c2ccccc2n1-c1ccc(Cl)cc1. The highest BCUT2D eigenvalue weighted by molar-refractivity contribution is 6.30. The van der Waals surface area contributed by atoms with Crippen molar-refractivity contribution < 1.29 is 4.79 Å². The van der Waals surface area contributed by atoms with Crippen LogP contribution in [0.2, 0.25) is 5.02 Å². The molecule has 0 amide bonds. The van der Waals surface area contributed by atoms with Gasteiger partial charge in [-0.25, -0.2) is 0 Å². The molecule has 1 aliphatic rings. The number of halogens is 1. The van der Waals surface area contributed by atoms with Gasteiger partial charge in [-0.15, -0.1) is 0 Å². The van der Waals surface area contributed by atoms with Gasteiger partial charge in [0, 0.05) is 27.4 Å². The van der Waals surface area contributed by atoms with Crippen molar-refractivity contribution in [1.82, 2.24) is 9.47 Å². The lowest BCUT2D eigenvalue weighted by molar-refractivity contribution is 0.0916. The monoisotopic (exact) mass is 366 g/mol. The fourth-order valence-electron chi connectivity index (χ4n) is 4.04. The number of carbonyl (C=O) groups is 1. The molecule has 0 atom stereocenters. The Balaban J connectivity index is 1.78. The lowest BCUT2D eigenvalue weighted by atomic mass is 10.0. The summed E-state index contributed by atoms with van der Waals surface area (Å²) in [4.78, 5) is 15.5. The molecule has 4 rings (SSSR count). The summed E-state index contributed by atoms with van der Waals surface area (Å²) >= 11 is 6.05. The van der Waals surface area contributed by atoms with Crippen molar-refractivity contribution in [2.45, 2.75) is 26.2 Å². The molecule has 3 aromatic rings.